The number of rotatable bonds is 0. The van der Waals surface area contributed by atoms with Crippen molar-refractivity contribution in [1.82, 2.24) is 0 Å². The first-order chi connectivity index (χ1) is 2.27. The Morgan fingerprint density at radius 3 is 2.20 bits per heavy atom. The lowest BCUT2D eigenvalue weighted by Crippen LogP contribution is -1.85. The highest BCUT2D eigenvalue weighted by Gasteiger charge is 1.84. The summed E-state index contributed by atoms with van der Waals surface area (Å²) in [5.74, 6) is 0. The van der Waals surface area contributed by atoms with Crippen LogP contribution < -0.4 is 0 Å². The van der Waals surface area contributed by atoms with Crippen LogP contribution in [0, 0.1) is 0 Å². The zero-order valence-electron chi connectivity index (χ0n) is 2.14. The Kier molecular flexibility index (Phi) is 1.92. The lowest BCUT2D eigenvalue weighted by Gasteiger charge is -1.74. The van der Waals surface area contributed by atoms with Crippen molar-refractivity contribution in [2.45, 2.75) is 0 Å². The molecule has 3 nitrogen and oxygen atoms in total. The summed E-state index contributed by atoms with van der Waals surface area (Å²) in [4.78, 5) is 9.10. The van der Waals surface area contributed by atoms with Crippen molar-refractivity contribution in [2.75, 3.05) is 0 Å². The molecule has 0 heterocycles. The summed E-state index contributed by atoms with van der Waals surface area (Å²) in [6.45, 7) is 0. The van der Waals surface area contributed by atoms with E-state index >= 15 is 0 Å². The highest BCUT2D eigenvalue weighted by atomic mass is 79.9. The van der Waals surface area contributed by atoms with Gasteiger partial charge < -0.3 is 8.93 Å². The van der Waals surface area contributed by atoms with E-state index in [1.165, 1.54) is 0 Å². The number of hydrogen-bond donors (Lipinski definition) is 1. The monoisotopic (exact) mass is 140 g/mol. The van der Waals surface area contributed by atoms with E-state index < -0.39 is 6.16 Å². The molecule has 0 aromatic rings. The molecule has 0 atom stereocenters. The summed E-state index contributed by atoms with van der Waals surface area (Å²) in [6.07, 6.45) is -1.33. The molecule has 0 rings (SSSR count). The molecule has 0 saturated carbocycles. The lowest BCUT2D eigenvalue weighted by molar-refractivity contribution is 0.156. The Hall–Kier alpha value is -0.250. The maximum Gasteiger partial charge on any atom is 0.517 e. The van der Waals surface area contributed by atoms with Crippen molar-refractivity contribution in [2.24, 2.45) is 0 Å². The molecule has 0 aromatic heterocycles. The summed E-state index contributed by atoms with van der Waals surface area (Å²) in [7, 11) is 0. The zero-order chi connectivity index (χ0) is 4.28. The Balaban J connectivity index is 2.85. The van der Waals surface area contributed by atoms with Crippen molar-refractivity contribution in [3.63, 3.8) is 0 Å². The van der Waals surface area contributed by atoms with Gasteiger partial charge in [0, 0.05) is 0 Å². The van der Waals surface area contributed by atoms with Crippen LogP contribution in [0.4, 0.5) is 4.79 Å². The number of hydrogen-bond acceptors (Lipinski definition) is 2. The Bertz CT molecular complexity index is 42.2. The van der Waals surface area contributed by atoms with E-state index in [2.05, 4.69) is 20.1 Å². The molecule has 0 saturated heterocycles. The largest absolute Gasteiger partial charge is 0.517 e. The van der Waals surface area contributed by atoms with Crippen LogP contribution in [-0.4, -0.2) is 11.3 Å². The van der Waals surface area contributed by atoms with Gasteiger partial charge in [-0.2, -0.15) is 0 Å². The van der Waals surface area contributed by atoms with Gasteiger partial charge >= 0.3 is 6.16 Å². The van der Waals surface area contributed by atoms with Crippen molar-refractivity contribution < 1.29 is 13.7 Å². The van der Waals surface area contributed by atoms with Crippen LogP contribution >= 0.6 is 16.3 Å². The third-order valence-electron chi connectivity index (χ3n) is 0.0660. The van der Waals surface area contributed by atoms with Gasteiger partial charge in [0.1, 0.15) is 0 Å². The van der Waals surface area contributed by atoms with Crippen LogP contribution in [0.5, 0.6) is 0 Å². The second-order valence-corrected chi connectivity index (χ2v) is 0.667. The molecule has 0 aliphatic rings. The van der Waals surface area contributed by atoms with Gasteiger partial charge in [0.2, 0.25) is 0 Å². The molecule has 0 aliphatic heterocycles. The number of carboxylic acid groups (broad SMARTS) is 1. The van der Waals surface area contributed by atoms with E-state index in [-0.39, 0.29) is 0 Å². The fourth-order valence-electron chi connectivity index (χ4n) is 0. The standard InChI is InChI=1S/CHBrO3/c2-5-1(3)4/h(H,3,4). The fraction of sp³-hybridized carbons (Fsp3) is 0. The molecule has 0 bridgehead atoms. The molecule has 0 radical (unpaired) electrons. The topological polar surface area (TPSA) is 46.5 Å². The van der Waals surface area contributed by atoms with E-state index in [4.69, 9.17) is 9.90 Å². The maximum atomic E-state index is 9.10. The van der Waals surface area contributed by atoms with Crippen LogP contribution in [0.1, 0.15) is 0 Å². The fourth-order valence-corrected chi connectivity index (χ4v) is 0. The van der Waals surface area contributed by atoms with Crippen LogP contribution in [-0.2, 0) is 3.83 Å². The van der Waals surface area contributed by atoms with Gasteiger partial charge in [-0.05, 0) is 0 Å². The first-order valence-corrected chi connectivity index (χ1v) is 1.43. The minimum atomic E-state index is -1.33. The van der Waals surface area contributed by atoms with Crippen LogP contribution in [0.3, 0.4) is 0 Å². The first kappa shape index (κ1) is 4.75. The van der Waals surface area contributed by atoms with Crippen molar-refractivity contribution in [3.8, 4) is 0 Å². The van der Waals surface area contributed by atoms with E-state index in [0.717, 1.165) is 0 Å². The SMILES string of the molecule is O=C(O)OBr. The summed E-state index contributed by atoms with van der Waals surface area (Å²) < 4.78 is 3.48. The molecule has 5 heavy (non-hydrogen) atoms. The Labute approximate surface area is 37.0 Å². The average Bonchev–Trinajstić information content (AvgIpc) is 1.38. The van der Waals surface area contributed by atoms with Gasteiger partial charge in [0.25, 0.3) is 0 Å². The van der Waals surface area contributed by atoms with Crippen LogP contribution in [0.2, 0.25) is 0 Å². The maximum absolute atomic E-state index is 9.10. The highest BCUT2D eigenvalue weighted by Crippen LogP contribution is 1.80. The van der Waals surface area contributed by atoms with Gasteiger partial charge in [-0.15, -0.1) is 0 Å². The predicted molar refractivity (Wildman–Crippen MR) is 18.0 cm³/mol. The molecule has 0 spiro atoms. The molecular formula is CHBrO3. The molecule has 0 aromatic carbocycles. The molecule has 0 fully saturated rings. The number of carbonyl (C=O) groups is 1. The summed E-state index contributed by atoms with van der Waals surface area (Å²) in [5.41, 5.74) is 0. The quantitative estimate of drug-likeness (QED) is 0.547. The van der Waals surface area contributed by atoms with Crippen molar-refractivity contribution in [3.05, 3.63) is 0 Å². The lowest BCUT2D eigenvalue weighted by atomic mass is 11.5. The Morgan fingerprint density at radius 1 is 2.00 bits per heavy atom. The molecule has 0 amide bonds. The predicted octanol–water partition coefficient (Wildman–Crippen LogP) is 0.991. The van der Waals surface area contributed by atoms with Gasteiger partial charge in [-0.25, -0.2) is 4.79 Å². The Morgan fingerprint density at radius 2 is 2.20 bits per heavy atom. The van der Waals surface area contributed by atoms with Crippen LogP contribution in [0.15, 0.2) is 0 Å². The first-order valence-electron chi connectivity index (χ1n) is 0.786. The average molecular weight is 141 g/mol. The third-order valence-corrected chi connectivity index (χ3v) is 0.343. The highest BCUT2D eigenvalue weighted by molar-refractivity contribution is 9.06. The minimum Gasteiger partial charge on any atom is -0.449 e. The third kappa shape index (κ3) is 3.75. The minimum absolute atomic E-state index is 1.33. The van der Waals surface area contributed by atoms with Crippen molar-refractivity contribution >= 4 is 22.4 Å². The van der Waals surface area contributed by atoms with Gasteiger partial charge in [0.05, 0.1) is 0 Å². The molecular weight excluding hydrogens is 140 g/mol. The summed E-state index contributed by atoms with van der Waals surface area (Å²) in [5, 5.41) is 7.45. The molecule has 0 aliphatic carbocycles. The van der Waals surface area contributed by atoms with Gasteiger partial charge in [-0.3, -0.25) is 0 Å². The second-order valence-electron chi connectivity index (χ2n) is 0.343. The molecule has 4 heteroatoms. The van der Waals surface area contributed by atoms with Crippen LogP contribution in [0.25, 0.3) is 0 Å². The smallest absolute Gasteiger partial charge is 0.449 e. The summed E-state index contributed by atoms with van der Waals surface area (Å²) in [6, 6.07) is 0. The van der Waals surface area contributed by atoms with Gasteiger partial charge in [-0.1, -0.05) is 0 Å². The van der Waals surface area contributed by atoms with E-state index in [9.17, 15) is 0 Å². The second kappa shape index (κ2) is 2.02. The molecule has 1 N–H and O–H groups in total. The van der Waals surface area contributed by atoms with Gasteiger partial charge in [0.15, 0.2) is 16.3 Å². The molecule has 30 valence electrons. The van der Waals surface area contributed by atoms with E-state index in [1.807, 2.05) is 0 Å². The molecule has 0 unspecified atom stereocenters. The number of halogens is 1. The zero-order valence-corrected chi connectivity index (χ0v) is 3.73. The van der Waals surface area contributed by atoms with E-state index in [1.54, 1.807) is 0 Å². The van der Waals surface area contributed by atoms with E-state index in [0.29, 0.717) is 0 Å². The summed E-state index contributed by atoms with van der Waals surface area (Å²) >= 11 is 2.21. The van der Waals surface area contributed by atoms with Crippen molar-refractivity contribution in [1.29, 1.82) is 0 Å². The normalized spacial score (nSPS) is 6.60.